The minimum Gasteiger partial charge on any atom is -0.543 e. The number of carbonyl (C=O) groups is 7. The number of rotatable bonds is 12. The van der Waals surface area contributed by atoms with Crippen LogP contribution < -0.4 is 34.7 Å². The summed E-state index contributed by atoms with van der Waals surface area (Å²) >= 11 is 0. The molecule has 6 aliphatic rings. The van der Waals surface area contributed by atoms with E-state index in [2.05, 4.69) is 0 Å². The molecule has 330 valence electrons. The summed E-state index contributed by atoms with van der Waals surface area (Å²) in [5.41, 5.74) is 3.59. The van der Waals surface area contributed by atoms with Gasteiger partial charge in [0.25, 0.3) is 0 Å². The van der Waals surface area contributed by atoms with Gasteiger partial charge in [0.1, 0.15) is 18.9 Å². The number of hydrogen-bond acceptors (Lipinski definition) is 14. The van der Waals surface area contributed by atoms with Gasteiger partial charge in [0.2, 0.25) is 18.6 Å². The van der Waals surface area contributed by atoms with E-state index in [1.807, 2.05) is 36.4 Å². The Labute approximate surface area is 385 Å². The molecule has 4 saturated heterocycles. The number of aliphatic hydroxyl groups excluding tert-OH is 2. The van der Waals surface area contributed by atoms with Gasteiger partial charge in [0, 0.05) is 13.1 Å². The average molecular weight is 881 g/mol. The van der Waals surface area contributed by atoms with Crippen LogP contribution in [0.5, 0.6) is 0 Å². The molecule has 0 aliphatic carbocycles. The Morgan fingerprint density at radius 2 is 1.13 bits per heavy atom. The predicted molar refractivity (Wildman–Crippen MR) is 213 cm³/mol. The predicted octanol–water partition coefficient (Wildman–Crippen LogP) is -1.23. The van der Waals surface area contributed by atoms with Gasteiger partial charge in [-0.1, -0.05) is 48.5 Å². The maximum absolute atomic E-state index is 13.0. The first-order valence-corrected chi connectivity index (χ1v) is 20.4. The van der Waals surface area contributed by atoms with E-state index in [0.29, 0.717) is 68.9 Å². The van der Waals surface area contributed by atoms with Crippen LogP contribution in [0, 0.1) is 17.3 Å². The number of carboxylic acids is 1. The van der Waals surface area contributed by atoms with Crippen LogP contribution in [0.15, 0.2) is 59.9 Å². The molecule has 2 aromatic rings. The Morgan fingerprint density at radius 1 is 0.714 bits per heavy atom. The molecule has 18 nitrogen and oxygen atoms in total. The average Bonchev–Trinajstić information content (AvgIpc) is 3.98. The third kappa shape index (κ3) is 9.36. The van der Waals surface area contributed by atoms with Crippen molar-refractivity contribution in [2.45, 2.75) is 84.8 Å². The van der Waals surface area contributed by atoms with Crippen molar-refractivity contribution in [2.24, 2.45) is 17.3 Å². The van der Waals surface area contributed by atoms with Crippen LogP contribution in [0.2, 0.25) is 0 Å². The van der Waals surface area contributed by atoms with Crippen LogP contribution in [0.1, 0.15) is 69.7 Å². The van der Waals surface area contributed by atoms with E-state index >= 15 is 0 Å². The van der Waals surface area contributed by atoms with Crippen molar-refractivity contribution in [2.75, 3.05) is 33.1 Å². The summed E-state index contributed by atoms with van der Waals surface area (Å²) in [6.45, 7) is 10.2. The van der Waals surface area contributed by atoms with E-state index in [-0.39, 0.29) is 77.0 Å². The van der Waals surface area contributed by atoms with Crippen molar-refractivity contribution in [3.63, 3.8) is 0 Å². The minimum absolute atomic E-state index is 0. The van der Waals surface area contributed by atoms with E-state index < -0.39 is 54.2 Å². The van der Waals surface area contributed by atoms with E-state index in [0.717, 1.165) is 16.7 Å². The van der Waals surface area contributed by atoms with Crippen LogP contribution >= 0.6 is 0 Å². The van der Waals surface area contributed by atoms with Crippen LogP contribution in [-0.2, 0) is 56.0 Å². The number of esters is 2. The minimum atomic E-state index is -1.39. The van der Waals surface area contributed by atoms with E-state index in [1.165, 1.54) is 16.7 Å². The first-order valence-electron chi connectivity index (χ1n) is 20.4. The number of carboxylic acid groups (broad SMARTS) is 1. The fourth-order valence-corrected chi connectivity index (χ4v) is 8.66. The maximum Gasteiger partial charge on any atom is 1.00 e. The summed E-state index contributed by atoms with van der Waals surface area (Å²) in [6, 6.07) is 13.9. The number of fused-ring (bicyclic) bond motifs is 2. The van der Waals surface area contributed by atoms with Gasteiger partial charge in [-0.3, -0.25) is 14.4 Å². The van der Waals surface area contributed by atoms with Gasteiger partial charge in [-0.05, 0) is 80.9 Å². The largest absolute Gasteiger partial charge is 1.00 e. The summed E-state index contributed by atoms with van der Waals surface area (Å²) in [4.78, 5) is 90.7. The van der Waals surface area contributed by atoms with E-state index in [1.54, 1.807) is 49.6 Å². The molecule has 2 aromatic carbocycles. The molecule has 6 atom stereocenters. The first-order chi connectivity index (χ1) is 29.4. The Kier molecular flexibility index (Phi) is 14.1. The fourth-order valence-electron chi connectivity index (χ4n) is 8.66. The third-order valence-corrected chi connectivity index (χ3v) is 11.9. The van der Waals surface area contributed by atoms with Gasteiger partial charge in [-0.2, -0.15) is 0 Å². The van der Waals surface area contributed by atoms with Gasteiger partial charge in [0.05, 0.1) is 66.3 Å². The third-order valence-electron chi connectivity index (χ3n) is 11.9. The molecule has 8 rings (SSSR count). The van der Waals surface area contributed by atoms with Crippen molar-refractivity contribution in [3.8, 4) is 0 Å². The summed E-state index contributed by atoms with van der Waals surface area (Å²) in [6.07, 6.45) is -1.63. The normalized spacial score (nSPS) is 23.4. The van der Waals surface area contributed by atoms with Crippen LogP contribution in [0.3, 0.4) is 0 Å². The summed E-state index contributed by atoms with van der Waals surface area (Å²) in [5.74, 6) is -4.60. The Bertz CT molecular complexity index is 2230. The van der Waals surface area contributed by atoms with E-state index in [9.17, 15) is 48.9 Å². The summed E-state index contributed by atoms with van der Waals surface area (Å²) in [7, 11) is 0. The first kappa shape index (κ1) is 47.2. The molecule has 0 spiro atoms. The number of cyclic esters (lactones) is 2. The van der Waals surface area contributed by atoms with Crippen molar-refractivity contribution in [1.29, 1.82) is 0 Å². The molecule has 0 radical (unpaired) electrons. The number of hydrogen-bond donors (Lipinski definition) is 2. The molecular formula is C44H49N4NaO14. The van der Waals surface area contributed by atoms with Crippen molar-refractivity contribution >= 4 is 53.1 Å². The van der Waals surface area contributed by atoms with Crippen molar-refractivity contribution in [3.05, 3.63) is 82.2 Å². The second kappa shape index (κ2) is 18.8. The molecule has 0 aromatic heterocycles. The van der Waals surface area contributed by atoms with Gasteiger partial charge >= 0.3 is 53.7 Å². The molecule has 19 heteroatoms. The molecule has 4 fully saturated rings. The quantitative estimate of drug-likeness (QED) is 0.0836. The molecule has 0 saturated carbocycles. The van der Waals surface area contributed by atoms with Gasteiger partial charge < -0.3 is 58.7 Å². The molecule has 0 unspecified atom stereocenters. The van der Waals surface area contributed by atoms with Crippen LogP contribution in [0.4, 0.5) is 9.59 Å². The zero-order valence-corrected chi connectivity index (χ0v) is 38.0. The fraction of sp³-hybridized carbons (Fsp3) is 0.477. The van der Waals surface area contributed by atoms with Gasteiger partial charge in [0.15, 0.2) is 0 Å². The van der Waals surface area contributed by atoms with Crippen molar-refractivity contribution < 1.29 is 97.4 Å². The van der Waals surface area contributed by atoms with Crippen LogP contribution in [-0.4, -0.2) is 129 Å². The molecule has 4 amide bonds. The molecule has 2 N–H and O–H groups in total. The zero-order chi connectivity index (χ0) is 44.8. The number of amides is 4. The number of aliphatic hydroxyl groups is 2. The number of benzene rings is 2. The SMILES string of the molecule is C[C@@H](O)[C@H]1C(=O)N2C(C(=O)OCOC(=O)C(C)(C)C)=C(c3ccc(CN4CCOC4=O)cc3)C[C@H]12.C[C@@H](O)[C@H]1C(=O)N2C(C(=O)[O-])=C(c3ccc(CN4CCOC4=O)cc3)C[C@H]12.[Na+]. The standard InChI is InChI=1S/C25H30N2O8.C19H20N2O6.Na/c1-14(28)19-18-11-17(16-7-5-15(6-8-16)12-26-9-10-33-24(26)32)20(27(18)21(19)29)22(30)34-13-35-23(31)25(2,3)4;1-10(22)15-14-8-13(16(18(24)25)21(14)17(15)23)12-4-2-11(3-5-12)9-20-6-7-27-19(20)26;/h5-8,14,18-19,28H,9-13H2,1-4H3;2-5,10,14-15,22H,6-9H2,1H3,(H,24,25);/q;;+1/p-1/t14-,18-,19-;10-,14-,15-;/m11./s1. The maximum atomic E-state index is 13.0. The van der Waals surface area contributed by atoms with Crippen molar-refractivity contribution in [1.82, 2.24) is 19.6 Å². The molecule has 0 bridgehead atoms. The molecular weight excluding hydrogens is 831 g/mol. The van der Waals surface area contributed by atoms with Crippen LogP contribution in [0.25, 0.3) is 11.1 Å². The monoisotopic (exact) mass is 880 g/mol. The second-order valence-electron chi connectivity index (χ2n) is 17.1. The van der Waals surface area contributed by atoms with Gasteiger partial charge in [-0.25, -0.2) is 14.4 Å². The number of ether oxygens (including phenoxy) is 4. The van der Waals surface area contributed by atoms with Gasteiger partial charge in [-0.15, -0.1) is 0 Å². The Morgan fingerprint density at radius 3 is 1.49 bits per heavy atom. The second-order valence-corrected chi connectivity index (χ2v) is 17.1. The smallest absolute Gasteiger partial charge is 0.543 e. The number of carbonyl (C=O) groups excluding carboxylic acids is 7. The number of nitrogens with zero attached hydrogens (tertiary/aromatic N) is 4. The van der Waals surface area contributed by atoms with E-state index in [4.69, 9.17) is 18.9 Å². The Balaban J connectivity index is 0.000000213. The Hall–Kier alpha value is -5.27. The number of aliphatic carboxylic acids is 1. The topological polar surface area (TPSA) is 233 Å². The molecule has 6 heterocycles. The molecule has 63 heavy (non-hydrogen) atoms. The zero-order valence-electron chi connectivity index (χ0n) is 36.0. The molecule has 6 aliphatic heterocycles. The number of β-lactam (4-membered cyclic amide) rings is 2. The summed E-state index contributed by atoms with van der Waals surface area (Å²) in [5, 5.41) is 31.5. The summed E-state index contributed by atoms with van der Waals surface area (Å²) < 4.78 is 20.1.